The van der Waals surface area contributed by atoms with Crippen molar-refractivity contribution in [3.63, 3.8) is 0 Å². The minimum absolute atomic E-state index is 0.451. The van der Waals surface area contributed by atoms with Gasteiger partial charge in [-0.3, -0.25) is 0 Å². The Labute approximate surface area is 128 Å². The van der Waals surface area contributed by atoms with Crippen LogP contribution in [0, 0.1) is 5.92 Å². The zero-order valence-corrected chi connectivity index (χ0v) is 13.8. The predicted molar refractivity (Wildman–Crippen MR) is 87.6 cm³/mol. The summed E-state index contributed by atoms with van der Waals surface area (Å²) in [6.45, 7) is 8.84. The monoisotopic (exact) mass is 292 g/mol. The van der Waals surface area contributed by atoms with Gasteiger partial charge >= 0.3 is 0 Å². The molecule has 0 amide bonds. The Bertz CT molecular complexity index is 464. The van der Waals surface area contributed by atoms with E-state index in [1.807, 2.05) is 12.1 Å². The Kier molecular flexibility index (Phi) is 5.34. The summed E-state index contributed by atoms with van der Waals surface area (Å²) < 4.78 is 10.9. The normalized spacial score (nSPS) is 23.8. The molecule has 0 saturated carbocycles. The number of anilines is 1. The summed E-state index contributed by atoms with van der Waals surface area (Å²) in [5.74, 6) is 2.38. The topological polar surface area (TPSA) is 33.7 Å². The highest BCUT2D eigenvalue weighted by atomic mass is 16.5. The van der Waals surface area contributed by atoms with Crippen molar-refractivity contribution in [1.29, 1.82) is 0 Å². The van der Waals surface area contributed by atoms with E-state index < -0.39 is 0 Å². The Morgan fingerprint density at radius 3 is 2.71 bits per heavy atom. The number of ether oxygens (including phenoxy) is 2. The van der Waals surface area contributed by atoms with Crippen molar-refractivity contribution in [3.8, 4) is 11.5 Å². The minimum atomic E-state index is 0.451. The molecule has 21 heavy (non-hydrogen) atoms. The van der Waals surface area contributed by atoms with Crippen LogP contribution in [0.2, 0.25) is 0 Å². The van der Waals surface area contributed by atoms with Gasteiger partial charge in [0.2, 0.25) is 0 Å². The van der Waals surface area contributed by atoms with Crippen molar-refractivity contribution in [2.24, 2.45) is 5.92 Å². The molecule has 1 aromatic rings. The molecule has 1 aliphatic heterocycles. The van der Waals surface area contributed by atoms with Crippen molar-refractivity contribution in [1.82, 2.24) is 5.32 Å². The summed E-state index contributed by atoms with van der Waals surface area (Å²) in [5.41, 5.74) is 1.15. The lowest BCUT2D eigenvalue weighted by Crippen LogP contribution is -2.57. The van der Waals surface area contributed by atoms with E-state index in [9.17, 15) is 0 Å². The number of piperazine rings is 1. The maximum atomic E-state index is 5.57. The smallest absolute Gasteiger partial charge is 0.145 e. The minimum Gasteiger partial charge on any atom is -0.497 e. The van der Waals surface area contributed by atoms with E-state index in [-0.39, 0.29) is 0 Å². The largest absolute Gasteiger partial charge is 0.497 e. The molecule has 3 atom stereocenters. The van der Waals surface area contributed by atoms with E-state index in [1.54, 1.807) is 14.2 Å². The van der Waals surface area contributed by atoms with Crippen LogP contribution in [0.15, 0.2) is 18.2 Å². The molecule has 118 valence electrons. The second-order valence-corrected chi connectivity index (χ2v) is 5.94. The predicted octanol–water partition coefficient (Wildman–Crippen LogP) is 2.92. The molecule has 1 fully saturated rings. The maximum Gasteiger partial charge on any atom is 0.145 e. The zero-order valence-electron chi connectivity index (χ0n) is 13.8. The summed E-state index contributed by atoms with van der Waals surface area (Å²) in [6, 6.07) is 7.05. The third-order valence-electron chi connectivity index (χ3n) is 4.63. The van der Waals surface area contributed by atoms with Gasteiger partial charge in [0.25, 0.3) is 0 Å². The molecule has 3 unspecified atom stereocenters. The van der Waals surface area contributed by atoms with E-state index >= 15 is 0 Å². The Balaban J connectivity index is 2.26. The molecule has 1 aliphatic rings. The van der Waals surface area contributed by atoms with Gasteiger partial charge in [0, 0.05) is 31.2 Å². The van der Waals surface area contributed by atoms with E-state index in [2.05, 4.69) is 37.1 Å². The summed E-state index contributed by atoms with van der Waals surface area (Å²) in [4.78, 5) is 2.45. The first kappa shape index (κ1) is 16.0. The van der Waals surface area contributed by atoms with E-state index in [1.165, 1.54) is 6.42 Å². The van der Waals surface area contributed by atoms with Crippen LogP contribution in [0.5, 0.6) is 11.5 Å². The van der Waals surface area contributed by atoms with Gasteiger partial charge in [-0.05, 0) is 25.0 Å². The number of hydrogen-bond donors (Lipinski definition) is 1. The molecule has 1 N–H and O–H groups in total. The van der Waals surface area contributed by atoms with Gasteiger partial charge in [0.1, 0.15) is 11.5 Å². The third-order valence-corrected chi connectivity index (χ3v) is 4.63. The first-order chi connectivity index (χ1) is 10.1. The van der Waals surface area contributed by atoms with Crippen molar-refractivity contribution >= 4 is 5.69 Å². The molecule has 1 saturated heterocycles. The molecule has 1 heterocycles. The van der Waals surface area contributed by atoms with Crippen LogP contribution >= 0.6 is 0 Å². The lowest BCUT2D eigenvalue weighted by Gasteiger charge is -2.42. The van der Waals surface area contributed by atoms with Crippen LogP contribution < -0.4 is 19.7 Å². The molecule has 0 spiro atoms. The van der Waals surface area contributed by atoms with Gasteiger partial charge in [-0.15, -0.1) is 0 Å². The van der Waals surface area contributed by atoms with Crippen LogP contribution in [0.1, 0.15) is 27.2 Å². The number of hydrogen-bond acceptors (Lipinski definition) is 4. The Hall–Kier alpha value is -1.42. The highest BCUT2D eigenvalue weighted by molar-refractivity contribution is 5.62. The fraction of sp³-hybridized carbons (Fsp3) is 0.647. The van der Waals surface area contributed by atoms with Crippen molar-refractivity contribution in [3.05, 3.63) is 18.2 Å². The van der Waals surface area contributed by atoms with Crippen LogP contribution in [-0.2, 0) is 0 Å². The van der Waals surface area contributed by atoms with Gasteiger partial charge in [0.15, 0.2) is 0 Å². The molecule has 0 bridgehead atoms. The molecular formula is C17H28N2O2. The van der Waals surface area contributed by atoms with E-state index in [0.29, 0.717) is 18.0 Å². The molecule has 4 heteroatoms. The summed E-state index contributed by atoms with van der Waals surface area (Å²) in [7, 11) is 3.40. The van der Waals surface area contributed by atoms with Crippen LogP contribution in [0.3, 0.4) is 0 Å². The highest BCUT2D eigenvalue weighted by Gasteiger charge is 2.29. The lowest BCUT2D eigenvalue weighted by atomic mass is 9.95. The quantitative estimate of drug-likeness (QED) is 0.905. The molecular weight excluding hydrogens is 264 g/mol. The molecule has 2 rings (SSSR count). The molecule has 0 aliphatic carbocycles. The standard InChI is InChI=1S/C17H28N2O2/c1-6-12(2)15-11-19(13(3)10-18-15)16-8-7-14(20-4)9-17(16)21-5/h7-9,12-13,15,18H,6,10-11H2,1-5H3. The van der Waals surface area contributed by atoms with E-state index in [4.69, 9.17) is 9.47 Å². The number of benzene rings is 1. The molecule has 4 nitrogen and oxygen atoms in total. The number of rotatable bonds is 5. The average Bonchev–Trinajstić information content (AvgIpc) is 2.54. The zero-order chi connectivity index (χ0) is 15.4. The summed E-state index contributed by atoms with van der Waals surface area (Å²) in [6.07, 6.45) is 1.19. The van der Waals surface area contributed by atoms with Crippen molar-refractivity contribution in [2.75, 3.05) is 32.2 Å². The fourth-order valence-electron chi connectivity index (χ4n) is 2.91. The molecule has 0 aromatic heterocycles. The highest BCUT2D eigenvalue weighted by Crippen LogP contribution is 2.34. The first-order valence-corrected chi connectivity index (χ1v) is 7.82. The average molecular weight is 292 g/mol. The number of nitrogens with zero attached hydrogens (tertiary/aromatic N) is 1. The number of nitrogens with one attached hydrogen (secondary N) is 1. The maximum absolute atomic E-state index is 5.57. The van der Waals surface area contributed by atoms with E-state index in [0.717, 1.165) is 30.3 Å². The van der Waals surface area contributed by atoms with Crippen LogP contribution in [-0.4, -0.2) is 39.4 Å². The second-order valence-electron chi connectivity index (χ2n) is 5.94. The van der Waals surface area contributed by atoms with Crippen molar-refractivity contribution < 1.29 is 9.47 Å². The van der Waals surface area contributed by atoms with Crippen molar-refractivity contribution in [2.45, 2.75) is 39.3 Å². The van der Waals surface area contributed by atoms with Crippen LogP contribution in [0.4, 0.5) is 5.69 Å². The van der Waals surface area contributed by atoms with Crippen LogP contribution in [0.25, 0.3) is 0 Å². The number of methoxy groups -OCH3 is 2. The Morgan fingerprint density at radius 2 is 2.10 bits per heavy atom. The fourth-order valence-corrected chi connectivity index (χ4v) is 2.91. The van der Waals surface area contributed by atoms with Gasteiger partial charge in [-0.2, -0.15) is 0 Å². The molecule has 0 radical (unpaired) electrons. The lowest BCUT2D eigenvalue weighted by molar-refractivity contribution is 0.313. The van der Waals surface area contributed by atoms with Gasteiger partial charge in [-0.25, -0.2) is 0 Å². The molecule has 1 aromatic carbocycles. The first-order valence-electron chi connectivity index (χ1n) is 7.82. The summed E-state index contributed by atoms with van der Waals surface area (Å²) in [5, 5.41) is 3.67. The van der Waals surface area contributed by atoms with Gasteiger partial charge < -0.3 is 19.7 Å². The third kappa shape index (κ3) is 3.43. The van der Waals surface area contributed by atoms with Gasteiger partial charge in [-0.1, -0.05) is 20.3 Å². The SMILES string of the molecule is CCC(C)C1CN(c2ccc(OC)cc2OC)C(C)CN1. The summed E-state index contributed by atoms with van der Waals surface area (Å²) >= 11 is 0. The second kappa shape index (κ2) is 7.03. The Morgan fingerprint density at radius 1 is 1.33 bits per heavy atom. The van der Waals surface area contributed by atoms with Gasteiger partial charge in [0.05, 0.1) is 19.9 Å².